The van der Waals surface area contributed by atoms with Crippen LogP contribution in [0.1, 0.15) is 24.5 Å². The highest BCUT2D eigenvalue weighted by Crippen LogP contribution is 2.42. The number of rotatable bonds is 1. The summed E-state index contributed by atoms with van der Waals surface area (Å²) in [5.41, 5.74) is 1.79. The SMILES string of the molecule is Clc1cc(Cl)c2nc(C3CC3)cc(Cl)c2c1. The maximum atomic E-state index is 6.22. The summed E-state index contributed by atoms with van der Waals surface area (Å²) in [5, 5.41) is 2.65. The van der Waals surface area contributed by atoms with Crippen LogP contribution < -0.4 is 0 Å². The lowest BCUT2D eigenvalue weighted by atomic mass is 10.1. The lowest BCUT2D eigenvalue weighted by molar-refractivity contribution is 1.04. The summed E-state index contributed by atoms with van der Waals surface area (Å²) >= 11 is 18.3. The molecule has 1 aromatic heterocycles. The molecule has 1 nitrogen and oxygen atoms in total. The van der Waals surface area contributed by atoms with E-state index in [2.05, 4.69) is 4.98 Å². The van der Waals surface area contributed by atoms with Gasteiger partial charge in [0.2, 0.25) is 0 Å². The molecular weight excluding hydrogens is 264 g/mol. The van der Waals surface area contributed by atoms with Crippen LogP contribution in [0.5, 0.6) is 0 Å². The molecule has 0 atom stereocenters. The van der Waals surface area contributed by atoms with E-state index in [9.17, 15) is 0 Å². The van der Waals surface area contributed by atoms with E-state index in [1.54, 1.807) is 12.1 Å². The van der Waals surface area contributed by atoms with Gasteiger partial charge < -0.3 is 0 Å². The molecule has 2 aromatic rings. The normalized spacial score (nSPS) is 15.7. The summed E-state index contributed by atoms with van der Waals surface area (Å²) in [6.07, 6.45) is 2.39. The molecule has 0 radical (unpaired) electrons. The zero-order chi connectivity index (χ0) is 11.3. The van der Waals surface area contributed by atoms with Crippen LogP contribution in [0.25, 0.3) is 10.9 Å². The average molecular weight is 273 g/mol. The molecule has 3 rings (SSSR count). The molecule has 1 aliphatic rings. The second-order valence-corrected chi connectivity index (χ2v) is 5.34. The number of benzene rings is 1. The Labute approximate surface area is 108 Å². The summed E-state index contributed by atoms with van der Waals surface area (Å²) in [6.45, 7) is 0. The second kappa shape index (κ2) is 3.76. The smallest absolute Gasteiger partial charge is 0.0907 e. The quantitative estimate of drug-likeness (QED) is 0.706. The Morgan fingerprint density at radius 3 is 2.44 bits per heavy atom. The summed E-state index contributed by atoms with van der Waals surface area (Å²) in [5.74, 6) is 0.564. The number of fused-ring (bicyclic) bond motifs is 1. The minimum atomic E-state index is 0.562. The van der Waals surface area contributed by atoms with E-state index in [4.69, 9.17) is 34.8 Å². The first-order valence-electron chi connectivity index (χ1n) is 5.10. The number of hydrogen-bond donors (Lipinski definition) is 0. The summed E-state index contributed by atoms with van der Waals surface area (Å²) in [6, 6.07) is 5.43. The second-order valence-electron chi connectivity index (χ2n) is 4.09. The average Bonchev–Trinajstić information content (AvgIpc) is 3.02. The first kappa shape index (κ1) is 10.6. The third-order valence-corrected chi connectivity index (χ3v) is 3.62. The zero-order valence-electron chi connectivity index (χ0n) is 8.30. The molecule has 82 valence electrons. The van der Waals surface area contributed by atoms with Crippen molar-refractivity contribution >= 4 is 45.7 Å². The molecule has 0 amide bonds. The number of halogens is 3. The predicted octanol–water partition coefficient (Wildman–Crippen LogP) is 5.07. The Morgan fingerprint density at radius 2 is 1.75 bits per heavy atom. The molecule has 0 saturated heterocycles. The summed E-state index contributed by atoms with van der Waals surface area (Å²) in [4.78, 5) is 4.56. The van der Waals surface area contributed by atoms with Crippen molar-refractivity contribution in [3.8, 4) is 0 Å². The topological polar surface area (TPSA) is 12.9 Å². The minimum Gasteiger partial charge on any atom is -0.251 e. The highest BCUT2D eigenvalue weighted by Gasteiger charge is 2.26. The van der Waals surface area contributed by atoms with E-state index in [0.29, 0.717) is 21.0 Å². The van der Waals surface area contributed by atoms with Gasteiger partial charge in [-0.05, 0) is 31.0 Å². The van der Waals surface area contributed by atoms with Gasteiger partial charge in [0.15, 0.2) is 0 Å². The van der Waals surface area contributed by atoms with Crippen LogP contribution in [0, 0.1) is 0 Å². The van der Waals surface area contributed by atoms with E-state index in [0.717, 1.165) is 16.6 Å². The van der Waals surface area contributed by atoms with Crippen LogP contribution in [-0.2, 0) is 0 Å². The van der Waals surface area contributed by atoms with Gasteiger partial charge in [0.1, 0.15) is 0 Å². The van der Waals surface area contributed by atoms with Gasteiger partial charge in [-0.25, -0.2) is 0 Å². The molecule has 0 unspecified atom stereocenters. The van der Waals surface area contributed by atoms with E-state index in [1.807, 2.05) is 6.07 Å². The largest absolute Gasteiger partial charge is 0.251 e. The van der Waals surface area contributed by atoms with Crippen molar-refractivity contribution in [2.75, 3.05) is 0 Å². The van der Waals surface area contributed by atoms with Crippen LogP contribution >= 0.6 is 34.8 Å². The Balaban J connectivity index is 2.32. The number of aromatic nitrogens is 1. The van der Waals surface area contributed by atoms with Crippen LogP contribution in [0.3, 0.4) is 0 Å². The first-order valence-corrected chi connectivity index (χ1v) is 6.24. The fourth-order valence-electron chi connectivity index (χ4n) is 1.82. The Kier molecular flexibility index (Phi) is 2.50. The number of hydrogen-bond acceptors (Lipinski definition) is 1. The van der Waals surface area contributed by atoms with Gasteiger partial charge >= 0.3 is 0 Å². The van der Waals surface area contributed by atoms with Gasteiger partial charge in [0, 0.05) is 22.0 Å². The minimum absolute atomic E-state index is 0.562. The van der Waals surface area contributed by atoms with Crippen LogP contribution in [0.15, 0.2) is 18.2 Å². The van der Waals surface area contributed by atoms with Gasteiger partial charge in [0.25, 0.3) is 0 Å². The van der Waals surface area contributed by atoms with E-state index >= 15 is 0 Å². The molecule has 1 aliphatic carbocycles. The maximum Gasteiger partial charge on any atom is 0.0907 e. The molecule has 4 heteroatoms. The maximum absolute atomic E-state index is 6.22. The zero-order valence-corrected chi connectivity index (χ0v) is 10.6. The highest BCUT2D eigenvalue weighted by molar-refractivity contribution is 6.41. The van der Waals surface area contributed by atoms with Gasteiger partial charge in [0.05, 0.1) is 15.6 Å². The highest BCUT2D eigenvalue weighted by atomic mass is 35.5. The first-order chi connectivity index (χ1) is 7.65. The van der Waals surface area contributed by atoms with Crippen molar-refractivity contribution in [1.29, 1.82) is 0 Å². The van der Waals surface area contributed by atoms with Crippen LogP contribution in [-0.4, -0.2) is 4.98 Å². The summed E-state index contributed by atoms with van der Waals surface area (Å²) in [7, 11) is 0. The van der Waals surface area contributed by atoms with E-state index in [-0.39, 0.29) is 0 Å². The fraction of sp³-hybridized carbons (Fsp3) is 0.250. The molecule has 0 bridgehead atoms. The van der Waals surface area contributed by atoms with Crippen molar-refractivity contribution in [3.63, 3.8) is 0 Å². The van der Waals surface area contributed by atoms with Gasteiger partial charge in [-0.1, -0.05) is 34.8 Å². The molecular formula is C12H8Cl3N. The molecule has 0 spiro atoms. The summed E-state index contributed by atoms with van der Waals surface area (Å²) < 4.78 is 0. The van der Waals surface area contributed by atoms with Gasteiger partial charge in [-0.2, -0.15) is 0 Å². The van der Waals surface area contributed by atoms with Crippen molar-refractivity contribution < 1.29 is 0 Å². The van der Waals surface area contributed by atoms with Crippen molar-refractivity contribution in [2.24, 2.45) is 0 Å². The predicted molar refractivity (Wildman–Crippen MR) is 68.7 cm³/mol. The molecule has 1 heterocycles. The third kappa shape index (κ3) is 1.77. The third-order valence-electron chi connectivity index (χ3n) is 2.80. The standard InChI is InChI=1S/C12H8Cl3N/c13-7-3-8-9(14)5-11(6-1-2-6)16-12(8)10(15)4-7/h3-6H,1-2H2. The Morgan fingerprint density at radius 1 is 1.00 bits per heavy atom. The van der Waals surface area contributed by atoms with Crippen molar-refractivity contribution in [3.05, 3.63) is 39.0 Å². The van der Waals surface area contributed by atoms with Crippen molar-refractivity contribution in [1.82, 2.24) is 4.98 Å². The molecule has 1 saturated carbocycles. The van der Waals surface area contributed by atoms with Crippen molar-refractivity contribution in [2.45, 2.75) is 18.8 Å². The fourth-order valence-corrected chi connectivity index (χ4v) is 2.61. The Hall–Kier alpha value is -0.500. The lowest BCUT2D eigenvalue weighted by Crippen LogP contribution is -1.89. The molecule has 0 aliphatic heterocycles. The monoisotopic (exact) mass is 271 g/mol. The van der Waals surface area contributed by atoms with Gasteiger partial charge in [-0.15, -0.1) is 0 Å². The lowest BCUT2D eigenvalue weighted by Gasteiger charge is -2.06. The molecule has 16 heavy (non-hydrogen) atoms. The molecule has 1 aromatic carbocycles. The van der Waals surface area contributed by atoms with Crippen LogP contribution in [0.4, 0.5) is 0 Å². The Bertz CT molecular complexity index is 576. The van der Waals surface area contributed by atoms with Crippen LogP contribution in [0.2, 0.25) is 15.1 Å². The van der Waals surface area contributed by atoms with E-state index in [1.165, 1.54) is 12.8 Å². The number of pyridine rings is 1. The van der Waals surface area contributed by atoms with Gasteiger partial charge in [-0.3, -0.25) is 4.98 Å². The van der Waals surface area contributed by atoms with E-state index < -0.39 is 0 Å². The number of nitrogens with zero attached hydrogens (tertiary/aromatic N) is 1. The molecule has 0 N–H and O–H groups in total. The molecule has 1 fully saturated rings.